The van der Waals surface area contributed by atoms with Crippen molar-refractivity contribution < 1.29 is 5.11 Å². The van der Waals surface area contributed by atoms with Crippen LogP contribution in [0.25, 0.3) is 0 Å². The summed E-state index contributed by atoms with van der Waals surface area (Å²) in [4.78, 5) is 0. The van der Waals surface area contributed by atoms with E-state index in [1.54, 1.807) is 0 Å². The third kappa shape index (κ3) is 6.62. The Hall–Kier alpha value is -0.0800. The molecule has 0 heterocycles. The first-order valence-corrected chi connectivity index (χ1v) is 4.97. The summed E-state index contributed by atoms with van der Waals surface area (Å²) < 4.78 is 0. The molecule has 0 aliphatic heterocycles. The Kier molecular flexibility index (Phi) is 6.39. The van der Waals surface area contributed by atoms with Crippen molar-refractivity contribution in [2.75, 3.05) is 6.54 Å². The lowest BCUT2D eigenvalue weighted by Gasteiger charge is -2.17. The van der Waals surface area contributed by atoms with E-state index in [4.69, 9.17) is 0 Å². The quantitative estimate of drug-likeness (QED) is 0.641. The molecule has 2 nitrogen and oxygen atoms in total. The highest BCUT2D eigenvalue weighted by molar-refractivity contribution is 4.65. The highest BCUT2D eigenvalue weighted by atomic mass is 16.3. The van der Waals surface area contributed by atoms with Crippen molar-refractivity contribution in [3.8, 4) is 0 Å². The van der Waals surface area contributed by atoms with Gasteiger partial charge in [0.15, 0.2) is 0 Å². The first-order chi connectivity index (χ1) is 5.56. The monoisotopic (exact) mass is 173 g/mol. The minimum atomic E-state index is -0.181. The minimum Gasteiger partial charge on any atom is -0.392 e. The molecule has 2 heteroatoms. The summed E-state index contributed by atoms with van der Waals surface area (Å²) in [6.07, 6.45) is 1.83. The van der Waals surface area contributed by atoms with E-state index in [1.807, 2.05) is 6.92 Å². The average molecular weight is 173 g/mol. The highest BCUT2D eigenvalue weighted by Crippen LogP contribution is 2.03. The van der Waals surface area contributed by atoms with E-state index in [-0.39, 0.29) is 6.10 Å². The van der Waals surface area contributed by atoms with Crippen molar-refractivity contribution in [2.24, 2.45) is 5.92 Å². The van der Waals surface area contributed by atoms with Gasteiger partial charge in [0.05, 0.1) is 6.10 Å². The predicted molar refractivity (Wildman–Crippen MR) is 53.2 cm³/mol. The van der Waals surface area contributed by atoms with E-state index in [2.05, 4.69) is 26.1 Å². The summed E-state index contributed by atoms with van der Waals surface area (Å²) in [6, 6.07) is 0.520. The van der Waals surface area contributed by atoms with E-state index in [0.29, 0.717) is 6.04 Å². The summed E-state index contributed by atoms with van der Waals surface area (Å²) in [5.74, 6) is 0.728. The summed E-state index contributed by atoms with van der Waals surface area (Å²) in [7, 11) is 0. The molecule has 0 aromatic heterocycles. The molecule has 0 radical (unpaired) electrons. The molecular formula is C10H23NO. The molecule has 0 aromatic rings. The molecular weight excluding hydrogens is 150 g/mol. The molecule has 0 saturated heterocycles. The van der Waals surface area contributed by atoms with Gasteiger partial charge in [-0.25, -0.2) is 0 Å². The molecule has 2 N–H and O–H groups in total. The standard InChI is InChI=1S/C10H23NO/c1-5-10(12)7-11-9(4)6-8(2)3/h8-12H,5-7H2,1-4H3. The van der Waals surface area contributed by atoms with Crippen molar-refractivity contribution in [3.63, 3.8) is 0 Å². The molecule has 0 bridgehead atoms. The molecule has 2 atom stereocenters. The Morgan fingerprint density at radius 2 is 1.83 bits per heavy atom. The van der Waals surface area contributed by atoms with Gasteiger partial charge < -0.3 is 10.4 Å². The van der Waals surface area contributed by atoms with E-state index >= 15 is 0 Å². The molecule has 0 spiro atoms. The van der Waals surface area contributed by atoms with Crippen molar-refractivity contribution in [3.05, 3.63) is 0 Å². The van der Waals surface area contributed by atoms with E-state index < -0.39 is 0 Å². The lowest BCUT2D eigenvalue weighted by molar-refractivity contribution is 0.162. The first kappa shape index (κ1) is 11.9. The van der Waals surface area contributed by atoms with Crippen LogP contribution in [0.5, 0.6) is 0 Å². The number of rotatable bonds is 6. The van der Waals surface area contributed by atoms with Crippen LogP contribution in [-0.4, -0.2) is 23.8 Å². The third-order valence-electron chi connectivity index (χ3n) is 2.00. The fourth-order valence-electron chi connectivity index (χ4n) is 1.27. The van der Waals surface area contributed by atoms with Crippen molar-refractivity contribution in [1.82, 2.24) is 5.32 Å². The Morgan fingerprint density at radius 3 is 2.25 bits per heavy atom. The topological polar surface area (TPSA) is 32.3 Å². The van der Waals surface area contributed by atoms with Crippen LogP contribution >= 0.6 is 0 Å². The van der Waals surface area contributed by atoms with Crippen LogP contribution in [0.15, 0.2) is 0 Å². The smallest absolute Gasteiger partial charge is 0.0662 e. The van der Waals surface area contributed by atoms with Gasteiger partial charge >= 0.3 is 0 Å². The molecule has 0 aromatic carbocycles. The van der Waals surface area contributed by atoms with Crippen LogP contribution in [0.4, 0.5) is 0 Å². The van der Waals surface area contributed by atoms with Crippen LogP contribution in [0.2, 0.25) is 0 Å². The molecule has 0 saturated carbocycles. The van der Waals surface area contributed by atoms with E-state index in [9.17, 15) is 5.11 Å². The van der Waals surface area contributed by atoms with E-state index in [1.165, 1.54) is 6.42 Å². The van der Waals surface area contributed by atoms with Crippen LogP contribution in [0, 0.1) is 5.92 Å². The van der Waals surface area contributed by atoms with Gasteiger partial charge in [-0.05, 0) is 25.7 Å². The maximum absolute atomic E-state index is 9.28. The Morgan fingerprint density at radius 1 is 1.25 bits per heavy atom. The molecule has 0 amide bonds. The Bertz CT molecular complexity index is 104. The van der Waals surface area contributed by atoms with Gasteiger partial charge in [0.2, 0.25) is 0 Å². The molecule has 0 aliphatic carbocycles. The maximum atomic E-state index is 9.28. The van der Waals surface area contributed by atoms with Crippen LogP contribution in [-0.2, 0) is 0 Å². The summed E-state index contributed by atoms with van der Waals surface area (Å²) in [5, 5.41) is 12.6. The largest absolute Gasteiger partial charge is 0.392 e. The molecule has 0 rings (SSSR count). The molecule has 2 unspecified atom stereocenters. The van der Waals surface area contributed by atoms with Crippen LogP contribution in [0.3, 0.4) is 0 Å². The summed E-state index contributed by atoms with van der Waals surface area (Å²) >= 11 is 0. The fourth-order valence-corrected chi connectivity index (χ4v) is 1.27. The van der Waals surface area contributed by atoms with Gasteiger partial charge in [0, 0.05) is 12.6 Å². The number of hydrogen-bond acceptors (Lipinski definition) is 2. The van der Waals surface area contributed by atoms with Gasteiger partial charge in [-0.2, -0.15) is 0 Å². The zero-order chi connectivity index (χ0) is 9.56. The summed E-state index contributed by atoms with van der Waals surface area (Å²) in [6.45, 7) is 9.33. The van der Waals surface area contributed by atoms with Crippen LogP contribution < -0.4 is 5.32 Å². The number of nitrogens with one attached hydrogen (secondary N) is 1. The normalized spacial score (nSPS) is 16.5. The van der Waals surface area contributed by atoms with Gasteiger partial charge in [-0.1, -0.05) is 20.8 Å². The molecule has 12 heavy (non-hydrogen) atoms. The lowest BCUT2D eigenvalue weighted by atomic mass is 10.1. The predicted octanol–water partition coefficient (Wildman–Crippen LogP) is 1.78. The molecule has 0 aliphatic rings. The van der Waals surface area contributed by atoms with Crippen molar-refractivity contribution >= 4 is 0 Å². The minimum absolute atomic E-state index is 0.181. The van der Waals surface area contributed by atoms with Crippen molar-refractivity contribution in [1.29, 1.82) is 0 Å². The molecule has 0 fully saturated rings. The Labute approximate surface area is 76.4 Å². The zero-order valence-corrected chi connectivity index (χ0v) is 8.80. The number of aliphatic hydroxyl groups is 1. The fraction of sp³-hybridized carbons (Fsp3) is 1.00. The second kappa shape index (κ2) is 6.44. The highest BCUT2D eigenvalue weighted by Gasteiger charge is 2.06. The number of aliphatic hydroxyl groups excluding tert-OH is 1. The van der Waals surface area contributed by atoms with Gasteiger partial charge in [0.1, 0.15) is 0 Å². The second-order valence-corrected chi connectivity index (χ2v) is 4.00. The van der Waals surface area contributed by atoms with Crippen LogP contribution in [0.1, 0.15) is 40.5 Å². The van der Waals surface area contributed by atoms with E-state index in [0.717, 1.165) is 18.9 Å². The maximum Gasteiger partial charge on any atom is 0.0662 e. The SMILES string of the molecule is CCC(O)CNC(C)CC(C)C. The lowest BCUT2D eigenvalue weighted by Crippen LogP contribution is -2.34. The van der Waals surface area contributed by atoms with Crippen molar-refractivity contribution in [2.45, 2.75) is 52.7 Å². The average Bonchev–Trinajstić information content (AvgIpc) is 1.99. The Balaban J connectivity index is 3.36. The van der Waals surface area contributed by atoms with Gasteiger partial charge in [0.25, 0.3) is 0 Å². The summed E-state index contributed by atoms with van der Waals surface area (Å²) in [5.41, 5.74) is 0. The molecule has 74 valence electrons. The van der Waals surface area contributed by atoms with Gasteiger partial charge in [-0.15, -0.1) is 0 Å². The first-order valence-electron chi connectivity index (χ1n) is 4.97. The van der Waals surface area contributed by atoms with Gasteiger partial charge in [-0.3, -0.25) is 0 Å². The number of hydrogen-bond donors (Lipinski definition) is 2. The second-order valence-electron chi connectivity index (χ2n) is 4.00. The third-order valence-corrected chi connectivity index (χ3v) is 2.00. The zero-order valence-electron chi connectivity index (χ0n) is 8.80.